The zero-order chi connectivity index (χ0) is 24.7. The first-order valence-corrected chi connectivity index (χ1v) is 15.0. The first-order valence-electron chi connectivity index (χ1n) is 15.0. The molecule has 10 atom stereocenters. The molecule has 0 N–H and O–H groups in total. The predicted octanol–water partition coefficient (Wildman–Crippen LogP) is 9.83. The maximum absolute atomic E-state index is 4.03. The van der Waals surface area contributed by atoms with Crippen LogP contribution in [0.3, 0.4) is 0 Å². The van der Waals surface area contributed by atoms with Crippen LogP contribution in [0.25, 0.3) is 0 Å². The van der Waals surface area contributed by atoms with Crippen molar-refractivity contribution in [1.29, 1.82) is 0 Å². The summed E-state index contributed by atoms with van der Waals surface area (Å²) in [6, 6.07) is 0. The summed E-state index contributed by atoms with van der Waals surface area (Å²) in [6.45, 7) is 7.78. The molecule has 0 spiro atoms. The normalized spacial score (nSPS) is 42.6. The minimum absolute atomic E-state index is 0.742. The average Bonchev–Trinajstić information content (AvgIpc) is 3.76. The summed E-state index contributed by atoms with van der Waals surface area (Å²) in [5, 5.41) is 0. The fourth-order valence-electron chi connectivity index (χ4n) is 8.03. The first kappa shape index (κ1) is 25.6. The molecule has 7 rings (SSSR count). The van der Waals surface area contributed by atoms with Crippen LogP contribution in [-0.2, 0) is 0 Å². The highest BCUT2D eigenvalue weighted by Crippen LogP contribution is 2.52. The SMILES string of the molecule is C1=CC2C3C=CC(C3)C2C1.C=CC1CC(/C=C/C2CC=CCC2)C2C=CCC12.C=CC1CC=CCC1. The Kier molecular flexibility index (Phi) is 8.84. The first-order chi connectivity index (χ1) is 17.8. The topological polar surface area (TPSA) is 0 Å². The minimum atomic E-state index is 0.742. The van der Waals surface area contributed by atoms with E-state index < -0.39 is 0 Å². The van der Waals surface area contributed by atoms with Crippen molar-refractivity contribution in [2.75, 3.05) is 0 Å². The van der Waals surface area contributed by atoms with Gasteiger partial charge >= 0.3 is 0 Å². The molecule has 0 aliphatic heterocycles. The predicted molar refractivity (Wildman–Crippen MR) is 156 cm³/mol. The van der Waals surface area contributed by atoms with Gasteiger partial charge in [0.15, 0.2) is 0 Å². The van der Waals surface area contributed by atoms with Crippen LogP contribution < -0.4 is 0 Å². The highest BCUT2D eigenvalue weighted by atomic mass is 14.5. The molecule has 10 unspecified atom stereocenters. The Morgan fingerprint density at radius 2 is 1.22 bits per heavy atom. The molecular formula is C36H48. The number of rotatable bonds is 4. The minimum Gasteiger partial charge on any atom is -0.103 e. The van der Waals surface area contributed by atoms with Crippen LogP contribution in [0.1, 0.15) is 64.2 Å². The van der Waals surface area contributed by atoms with E-state index in [4.69, 9.17) is 0 Å². The average molecular weight is 481 g/mol. The van der Waals surface area contributed by atoms with Crippen LogP contribution in [0.2, 0.25) is 0 Å². The van der Waals surface area contributed by atoms with Crippen LogP contribution in [0.5, 0.6) is 0 Å². The van der Waals surface area contributed by atoms with Crippen molar-refractivity contribution in [3.05, 3.63) is 98.2 Å². The standard InChI is InChI=1S/C18H24.C10H12.C8H12/c1-2-15-13-16(18-10-6-9-17(15)18)12-11-14-7-4-3-5-8-14;1-2-9-7-4-5-8(6-7)10(9)3-1;1-2-8-6-4-3-5-7-8/h2-4,6,10-12,14-18H,1,5,7-9,13H2;1-2,4-5,7-10H,3,6H2;2-4,8H,1,5-7H2/b12-11+;;. The van der Waals surface area contributed by atoms with E-state index in [1.807, 2.05) is 0 Å². The molecule has 7 aliphatic carbocycles. The smallest absolute Gasteiger partial charge is 0.0133 e. The summed E-state index contributed by atoms with van der Waals surface area (Å²) in [5.74, 6) is 8.53. The van der Waals surface area contributed by atoms with Gasteiger partial charge < -0.3 is 0 Å². The lowest BCUT2D eigenvalue weighted by atomic mass is 9.86. The molecule has 0 heteroatoms. The third-order valence-corrected chi connectivity index (χ3v) is 10.2. The van der Waals surface area contributed by atoms with Gasteiger partial charge in [0.05, 0.1) is 0 Å². The van der Waals surface area contributed by atoms with Crippen molar-refractivity contribution in [3.63, 3.8) is 0 Å². The van der Waals surface area contributed by atoms with E-state index in [0.717, 1.165) is 59.2 Å². The lowest BCUT2D eigenvalue weighted by molar-refractivity contribution is 0.398. The van der Waals surface area contributed by atoms with E-state index in [1.54, 1.807) is 0 Å². The largest absolute Gasteiger partial charge is 0.103 e. The molecule has 0 radical (unpaired) electrons. The van der Waals surface area contributed by atoms with Crippen molar-refractivity contribution >= 4 is 0 Å². The summed E-state index contributed by atoms with van der Waals surface area (Å²) < 4.78 is 0. The van der Waals surface area contributed by atoms with Gasteiger partial charge in [-0.1, -0.05) is 85.1 Å². The summed E-state index contributed by atoms with van der Waals surface area (Å²) in [6.07, 6.45) is 46.0. The van der Waals surface area contributed by atoms with Crippen LogP contribution in [-0.4, -0.2) is 0 Å². The van der Waals surface area contributed by atoms with E-state index in [1.165, 1.54) is 64.2 Å². The van der Waals surface area contributed by atoms with Gasteiger partial charge in [0.1, 0.15) is 0 Å². The molecule has 0 heterocycles. The molecular weight excluding hydrogens is 432 g/mol. The van der Waals surface area contributed by atoms with Crippen molar-refractivity contribution in [3.8, 4) is 0 Å². The second-order valence-corrected chi connectivity index (χ2v) is 12.3. The molecule has 0 aromatic carbocycles. The quantitative estimate of drug-likeness (QED) is 0.351. The van der Waals surface area contributed by atoms with Crippen molar-refractivity contribution in [1.82, 2.24) is 0 Å². The van der Waals surface area contributed by atoms with Crippen LogP contribution in [0.4, 0.5) is 0 Å². The second kappa shape index (κ2) is 12.4. The van der Waals surface area contributed by atoms with Gasteiger partial charge in [-0.25, -0.2) is 0 Å². The highest BCUT2D eigenvalue weighted by molar-refractivity contribution is 5.21. The molecule has 0 aromatic heterocycles. The van der Waals surface area contributed by atoms with Crippen LogP contribution in [0.15, 0.2) is 98.2 Å². The molecule has 192 valence electrons. The molecule has 36 heavy (non-hydrogen) atoms. The number of hydrogen-bond acceptors (Lipinski definition) is 0. The van der Waals surface area contributed by atoms with Gasteiger partial charge in [0.2, 0.25) is 0 Å². The summed E-state index contributed by atoms with van der Waals surface area (Å²) >= 11 is 0. The van der Waals surface area contributed by atoms with Gasteiger partial charge in [-0.3, -0.25) is 0 Å². The zero-order valence-corrected chi connectivity index (χ0v) is 22.3. The third kappa shape index (κ3) is 5.90. The van der Waals surface area contributed by atoms with Gasteiger partial charge in [-0.2, -0.15) is 0 Å². The number of hydrogen-bond donors (Lipinski definition) is 0. The van der Waals surface area contributed by atoms with Crippen LogP contribution in [0, 0.1) is 59.2 Å². The summed E-state index contributed by atoms with van der Waals surface area (Å²) in [5.41, 5.74) is 0. The van der Waals surface area contributed by atoms with Gasteiger partial charge in [-0.15, -0.1) is 13.2 Å². The van der Waals surface area contributed by atoms with E-state index in [9.17, 15) is 0 Å². The molecule has 0 nitrogen and oxygen atoms in total. The fourth-order valence-corrected chi connectivity index (χ4v) is 8.03. The Morgan fingerprint density at radius 1 is 0.528 bits per heavy atom. The molecule has 2 saturated carbocycles. The molecule has 0 saturated heterocycles. The van der Waals surface area contributed by atoms with E-state index >= 15 is 0 Å². The Bertz CT molecular complexity index is 922. The molecule has 0 aromatic rings. The highest BCUT2D eigenvalue weighted by Gasteiger charge is 2.44. The fraction of sp³-hybridized carbons (Fsp3) is 0.556. The van der Waals surface area contributed by atoms with E-state index in [-0.39, 0.29) is 0 Å². The number of fused-ring (bicyclic) bond motifs is 6. The Labute approximate surface area is 221 Å². The van der Waals surface area contributed by atoms with Gasteiger partial charge in [-0.05, 0) is 123 Å². The number of allylic oxidation sites excluding steroid dienone is 14. The molecule has 0 amide bonds. The van der Waals surface area contributed by atoms with Gasteiger partial charge in [0.25, 0.3) is 0 Å². The van der Waals surface area contributed by atoms with E-state index in [2.05, 4.69) is 98.2 Å². The summed E-state index contributed by atoms with van der Waals surface area (Å²) in [4.78, 5) is 0. The Hall–Kier alpha value is -2.08. The Morgan fingerprint density at radius 3 is 1.86 bits per heavy atom. The monoisotopic (exact) mass is 480 g/mol. The van der Waals surface area contributed by atoms with Crippen molar-refractivity contribution in [2.24, 2.45) is 59.2 Å². The van der Waals surface area contributed by atoms with Gasteiger partial charge in [0, 0.05) is 0 Å². The Balaban J connectivity index is 0.000000124. The third-order valence-electron chi connectivity index (χ3n) is 10.2. The van der Waals surface area contributed by atoms with E-state index in [0.29, 0.717) is 0 Å². The lowest BCUT2D eigenvalue weighted by Gasteiger charge is -2.18. The molecule has 2 bridgehead atoms. The maximum Gasteiger partial charge on any atom is -0.0133 e. The van der Waals surface area contributed by atoms with Crippen molar-refractivity contribution < 1.29 is 0 Å². The maximum atomic E-state index is 4.03. The second-order valence-electron chi connectivity index (χ2n) is 12.3. The molecule has 2 fully saturated rings. The zero-order valence-electron chi connectivity index (χ0n) is 22.3. The molecule has 7 aliphatic rings. The van der Waals surface area contributed by atoms with Crippen LogP contribution >= 0.6 is 0 Å². The van der Waals surface area contributed by atoms with Crippen molar-refractivity contribution in [2.45, 2.75) is 64.2 Å². The lowest BCUT2D eigenvalue weighted by Crippen LogP contribution is -2.12. The summed E-state index contributed by atoms with van der Waals surface area (Å²) in [7, 11) is 0.